The molecule has 5 heteroatoms. The van der Waals surface area contributed by atoms with Gasteiger partial charge in [-0.05, 0) is 72.6 Å². The molecule has 0 spiro atoms. The van der Waals surface area contributed by atoms with E-state index in [9.17, 15) is 4.79 Å². The van der Waals surface area contributed by atoms with E-state index in [0.29, 0.717) is 6.42 Å². The van der Waals surface area contributed by atoms with E-state index in [1.54, 1.807) is 0 Å². The summed E-state index contributed by atoms with van der Waals surface area (Å²) in [6.45, 7) is 0. The van der Waals surface area contributed by atoms with Gasteiger partial charge < -0.3 is 14.4 Å². The zero-order valence-corrected chi connectivity index (χ0v) is 17.7. The molecule has 0 aliphatic carbocycles. The molecule has 0 saturated carbocycles. The number of para-hydroxylation sites is 1. The first-order valence-electron chi connectivity index (χ1n) is 9.62. The number of aromatic nitrogens is 1. The molecule has 0 unspecified atom stereocenters. The number of halogens is 1. The van der Waals surface area contributed by atoms with Gasteiger partial charge in [0.05, 0.1) is 12.1 Å². The van der Waals surface area contributed by atoms with Gasteiger partial charge in [0.2, 0.25) is 0 Å². The van der Waals surface area contributed by atoms with E-state index >= 15 is 0 Å². The Morgan fingerprint density at radius 3 is 2.17 bits per heavy atom. The van der Waals surface area contributed by atoms with Crippen LogP contribution in [0, 0.1) is 0 Å². The average Bonchev–Trinajstić information content (AvgIpc) is 3.18. The van der Waals surface area contributed by atoms with Crippen molar-refractivity contribution >= 4 is 21.9 Å². The predicted octanol–water partition coefficient (Wildman–Crippen LogP) is 6.72. The van der Waals surface area contributed by atoms with Crippen molar-refractivity contribution in [1.82, 2.24) is 4.57 Å². The first-order valence-corrected chi connectivity index (χ1v) is 10.4. The van der Waals surface area contributed by atoms with E-state index in [2.05, 4.69) is 20.5 Å². The van der Waals surface area contributed by atoms with Gasteiger partial charge in [-0.2, -0.15) is 0 Å². The molecule has 30 heavy (non-hydrogen) atoms. The number of carboxylic acid groups (broad SMARTS) is 1. The second-order valence-corrected chi connectivity index (χ2v) is 7.77. The number of aliphatic carboxylic acids is 1. The lowest BCUT2D eigenvalue weighted by Gasteiger charge is -2.15. The van der Waals surface area contributed by atoms with E-state index in [4.69, 9.17) is 9.84 Å². The van der Waals surface area contributed by atoms with Crippen LogP contribution in [0.2, 0.25) is 0 Å². The molecule has 0 bridgehead atoms. The van der Waals surface area contributed by atoms with Gasteiger partial charge in [0.15, 0.2) is 0 Å². The van der Waals surface area contributed by atoms with Crippen LogP contribution in [0.5, 0.6) is 11.5 Å². The van der Waals surface area contributed by atoms with Gasteiger partial charge in [-0.25, -0.2) is 0 Å². The minimum Gasteiger partial charge on any atom is -0.481 e. The van der Waals surface area contributed by atoms with Crippen LogP contribution in [0.15, 0.2) is 95.5 Å². The summed E-state index contributed by atoms with van der Waals surface area (Å²) in [5.41, 5.74) is 3.98. The summed E-state index contributed by atoms with van der Waals surface area (Å²) in [5, 5.41) is 9.14. The van der Waals surface area contributed by atoms with Crippen molar-refractivity contribution in [3.8, 4) is 28.4 Å². The molecule has 0 fully saturated rings. The van der Waals surface area contributed by atoms with Gasteiger partial charge in [0.1, 0.15) is 11.5 Å². The molecule has 0 aliphatic rings. The Hall–Kier alpha value is -3.31. The highest BCUT2D eigenvalue weighted by atomic mass is 79.9. The van der Waals surface area contributed by atoms with Crippen molar-refractivity contribution in [2.24, 2.45) is 0 Å². The summed E-state index contributed by atoms with van der Waals surface area (Å²) >= 11 is 3.48. The number of carbonyl (C=O) groups is 1. The van der Waals surface area contributed by atoms with Crippen molar-refractivity contribution in [1.29, 1.82) is 0 Å². The maximum absolute atomic E-state index is 11.1. The third-order valence-corrected chi connectivity index (χ3v) is 5.30. The largest absolute Gasteiger partial charge is 0.481 e. The van der Waals surface area contributed by atoms with Crippen LogP contribution in [0.25, 0.3) is 16.9 Å². The Kier molecular flexibility index (Phi) is 6.00. The number of ether oxygens (including phenoxy) is 1. The van der Waals surface area contributed by atoms with E-state index in [1.807, 2.05) is 91.0 Å². The number of hydrogen-bond acceptors (Lipinski definition) is 2. The van der Waals surface area contributed by atoms with Gasteiger partial charge >= 0.3 is 5.97 Å². The fourth-order valence-corrected chi connectivity index (χ4v) is 3.61. The third-order valence-electron chi connectivity index (χ3n) is 4.77. The highest BCUT2D eigenvalue weighted by Gasteiger charge is 2.13. The summed E-state index contributed by atoms with van der Waals surface area (Å²) in [6.07, 6.45) is 0.535. The van der Waals surface area contributed by atoms with E-state index in [-0.39, 0.29) is 6.42 Å². The summed E-state index contributed by atoms with van der Waals surface area (Å²) < 4.78 is 9.02. The van der Waals surface area contributed by atoms with Crippen LogP contribution in [0.3, 0.4) is 0 Å². The summed E-state index contributed by atoms with van der Waals surface area (Å²) in [6, 6.07) is 29.6. The number of carboxylic acids is 1. The molecule has 3 aromatic carbocycles. The first-order chi connectivity index (χ1) is 14.6. The molecule has 1 N–H and O–H groups in total. The molecular weight excluding hydrogens is 442 g/mol. The smallest absolute Gasteiger partial charge is 0.303 e. The molecule has 4 rings (SSSR count). The molecule has 1 aromatic heterocycles. The van der Waals surface area contributed by atoms with E-state index in [0.717, 1.165) is 38.6 Å². The molecule has 4 aromatic rings. The lowest BCUT2D eigenvalue weighted by Crippen LogP contribution is -2.05. The third kappa shape index (κ3) is 4.63. The number of nitrogens with zero attached hydrogens (tertiary/aromatic N) is 1. The van der Waals surface area contributed by atoms with Crippen LogP contribution < -0.4 is 4.74 Å². The molecule has 4 nitrogen and oxygen atoms in total. The highest BCUT2D eigenvalue weighted by Crippen LogP contribution is 2.30. The van der Waals surface area contributed by atoms with Gasteiger partial charge in [0, 0.05) is 15.9 Å². The minimum atomic E-state index is -0.806. The van der Waals surface area contributed by atoms with Crippen LogP contribution >= 0.6 is 15.9 Å². The van der Waals surface area contributed by atoms with Gasteiger partial charge in [0.25, 0.3) is 0 Å². The molecule has 0 amide bonds. The van der Waals surface area contributed by atoms with Crippen LogP contribution in [-0.2, 0) is 11.2 Å². The lowest BCUT2D eigenvalue weighted by molar-refractivity contribution is -0.136. The molecule has 1 heterocycles. The zero-order chi connectivity index (χ0) is 20.9. The van der Waals surface area contributed by atoms with Crippen molar-refractivity contribution in [3.05, 3.63) is 101 Å². The molecule has 0 radical (unpaired) electrons. The van der Waals surface area contributed by atoms with Crippen LogP contribution in [0.4, 0.5) is 0 Å². The van der Waals surface area contributed by atoms with Gasteiger partial charge in [-0.1, -0.05) is 46.3 Å². The molecule has 0 saturated heterocycles. The zero-order valence-electron chi connectivity index (χ0n) is 16.2. The fourth-order valence-electron chi connectivity index (χ4n) is 3.35. The topological polar surface area (TPSA) is 51.5 Å². The van der Waals surface area contributed by atoms with Crippen molar-refractivity contribution in [3.63, 3.8) is 0 Å². The first kappa shape index (κ1) is 20.0. The molecule has 0 atom stereocenters. The Morgan fingerprint density at radius 2 is 1.50 bits per heavy atom. The van der Waals surface area contributed by atoms with Crippen LogP contribution in [0.1, 0.15) is 12.1 Å². The number of rotatable bonds is 7. The number of hydrogen-bond donors (Lipinski definition) is 1. The standard InChI is InChI=1S/C25H20BrNO3/c26-19-8-6-18(7-9-19)24-16-12-21(13-17-25(28)29)27(24)20-10-14-23(15-11-20)30-22-4-2-1-3-5-22/h1-12,14-16H,13,17H2,(H,28,29). The Labute approximate surface area is 183 Å². The SMILES string of the molecule is O=C(O)CCc1ccc(-c2ccc(Br)cc2)n1-c1ccc(Oc2ccccc2)cc1. The Balaban J connectivity index is 1.69. The van der Waals surface area contributed by atoms with E-state index < -0.39 is 5.97 Å². The van der Waals surface area contributed by atoms with Crippen LogP contribution in [-0.4, -0.2) is 15.6 Å². The lowest BCUT2D eigenvalue weighted by atomic mass is 10.1. The second-order valence-electron chi connectivity index (χ2n) is 6.85. The normalized spacial score (nSPS) is 10.7. The Bertz CT molecular complexity index is 1130. The molecular formula is C25H20BrNO3. The second kappa shape index (κ2) is 9.01. The van der Waals surface area contributed by atoms with Gasteiger partial charge in [-0.15, -0.1) is 0 Å². The summed E-state index contributed by atoms with van der Waals surface area (Å²) in [7, 11) is 0. The predicted molar refractivity (Wildman–Crippen MR) is 121 cm³/mol. The fraction of sp³-hybridized carbons (Fsp3) is 0.0800. The maximum atomic E-state index is 11.1. The highest BCUT2D eigenvalue weighted by molar-refractivity contribution is 9.10. The Morgan fingerprint density at radius 1 is 0.833 bits per heavy atom. The number of benzene rings is 3. The molecule has 0 aliphatic heterocycles. The van der Waals surface area contributed by atoms with Crippen molar-refractivity contribution in [2.75, 3.05) is 0 Å². The van der Waals surface area contributed by atoms with Crippen molar-refractivity contribution in [2.45, 2.75) is 12.8 Å². The summed E-state index contributed by atoms with van der Waals surface area (Å²) in [4.78, 5) is 11.1. The quantitative estimate of drug-likeness (QED) is 0.332. The average molecular weight is 462 g/mol. The number of aryl methyl sites for hydroxylation is 1. The monoisotopic (exact) mass is 461 g/mol. The van der Waals surface area contributed by atoms with Gasteiger partial charge in [-0.3, -0.25) is 4.79 Å². The summed E-state index contributed by atoms with van der Waals surface area (Å²) in [5.74, 6) is 0.720. The van der Waals surface area contributed by atoms with Crippen molar-refractivity contribution < 1.29 is 14.6 Å². The van der Waals surface area contributed by atoms with E-state index in [1.165, 1.54) is 0 Å². The minimum absolute atomic E-state index is 0.0823. The maximum Gasteiger partial charge on any atom is 0.303 e. The molecule has 150 valence electrons.